The number of likely N-dealkylation sites (tertiary alicyclic amines) is 1. The predicted molar refractivity (Wildman–Crippen MR) is 158 cm³/mol. The Labute approximate surface area is 242 Å². The first-order chi connectivity index (χ1) is 19.4. The zero-order valence-corrected chi connectivity index (χ0v) is 23.4. The highest BCUT2D eigenvalue weighted by atomic mass is 35.5. The summed E-state index contributed by atoms with van der Waals surface area (Å²) < 4.78 is 5.50. The van der Waals surface area contributed by atoms with Crippen molar-refractivity contribution in [3.8, 4) is 0 Å². The number of hydrogen-bond donors (Lipinski definition) is 3. The van der Waals surface area contributed by atoms with Gasteiger partial charge < -0.3 is 25.2 Å². The van der Waals surface area contributed by atoms with E-state index in [0.717, 1.165) is 31.5 Å². The first-order valence-corrected chi connectivity index (χ1v) is 14.0. The molecule has 2 aromatic carbocycles. The third kappa shape index (κ3) is 6.55. The second-order valence-electron chi connectivity index (χ2n) is 9.69. The number of rotatable bonds is 6. The van der Waals surface area contributed by atoms with Crippen molar-refractivity contribution in [2.45, 2.75) is 19.3 Å². The largest absolute Gasteiger partial charge is 0.378 e. The Hall–Kier alpha value is -3.66. The van der Waals surface area contributed by atoms with Crippen LogP contribution in [-0.2, 0) is 4.74 Å². The Kier molecular flexibility index (Phi) is 8.84. The lowest BCUT2D eigenvalue weighted by Gasteiger charge is -2.31. The second kappa shape index (κ2) is 12.7. The van der Waals surface area contributed by atoms with Gasteiger partial charge in [-0.3, -0.25) is 15.0 Å². The number of nitrogens with zero attached hydrogens (tertiary/aromatic N) is 3. The van der Waals surface area contributed by atoms with Gasteiger partial charge >= 0.3 is 0 Å². The molecule has 3 heterocycles. The average Bonchev–Trinajstić information content (AvgIpc) is 2.99. The molecule has 0 spiro atoms. The van der Waals surface area contributed by atoms with E-state index in [1.165, 1.54) is 18.7 Å². The zero-order valence-electron chi connectivity index (χ0n) is 21.9. The maximum absolute atomic E-state index is 13.5. The Morgan fingerprint density at radius 1 is 0.825 bits per heavy atom. The Bertz CT molecular complexity index is 1390. The summed E-state index contributed by atoms with van der Waals surface area (Å²) in [5, 5.41) is 15.1. The van der Waals surface area contributed by atoms with Gasteiger partial charge in [-0.15, -0.1) is 0 Å². The summed E-state index contributed by atoms with van der Waals surface area (Å²) in [6, 6.07) is 13.5. The van der Waals surface area contributed by atoms with Gasteiger partial charge in [-0.25, -0.2) is 4.98 Å². The lowest BCUT2D eigenvalue weighted by Crippen LogP contribution is -2.37. The normalized spacial score (nSPS) is 15.4. The van der Waals surface area contributed by atoms with Crippen molar-refractivity contribution in [3.63, 3.8) is 0 Å². The fourth-order valence-electron chi connectivity index (χ4n) is 4.86. The molecule has 11 heteroatoms. The van der Waals surface area contributed by atoms with E-state index in [-0.39, 0.29) is 11.5 Å². The highest BCUT2D eigenvalue weighted by Crippen LogP contribution is 2.35. The Morgan fingerprint density at radius 3 is 2.20 bits per heavy atom. The van der Waals surface area contributed by atoms with Crippen LogP contribution in [0.15, 0.2) is 54.7 Å². The first-order valence-electron chi connectivity index (χ1n) is 13.2. The zero-order chi connectivity index (χ0) is 28.1. The van der Waals surface area contributed by atoms with E-state index in [2.05, 4.69) is 20.5 Å². The quantitative estimate of drug-likeness (QED) is 0.261. The summed E-state index contributed by atoms with van der Waals surface area (Å²) in [4.78, 5) is 35.2. The number of hydrogen-bond acceptors (Lipinski definition) is 6. The van der Waals surface area contributed by atoms with Crippen LogP contribution in [0.4, 0.5) is 17.2 Å². The van der Waals surface area contributed by atoms with Gasteiger partial charge in [0, 0.05) is 48.5 Å². The van der Waals surface area contributed by atoms with Gasteiger partial charge in [-0.2, -0.15) is 0 Å². The molecule has 2 saturated heterocycles. The van der Waals surface area contributed by atoms with Crippen molar-refractivity contribution in [1.82, 2.24) is 9.88 Å². The van der Waals surface area contributed by atoms with Crippen LogP contribution in [0.3, 0.4) is 0 Å². The summed E-state index contributed by atoms with van der Waals surface area (Å²) in [5.74, 6) is -0.0842. The second-order valence-corrected chi connectivity index (χ2v) is 10.6. The SMILES string of the molecule is N=C(c1ccc(C(=O)Nc2c(C(=O)Nc3ccc(Cl)cn3)cc(Cl)cc2N2CCOCC2)cc1)N1CCCCC1. The highest BCUT2D eigenvalue weighted by Gasteiger charge is 2.24. The van der Waals surface area contributed by atoms with Crippen molar-refractivity contribution in [2.24, 2.45) is 0 Å². The number of carbonyl (C=O) groups is 2. The topological polar surface area (TPSA) is 111 Å². The number of carbonyl (C=O) groups excluding carboxylic acids is 2. The van der Waals surface area contributed by atoms with Crippen LogP contribution in [0.5, 0.6) is 0 Å². The van der Waals surface area contributed by atoms with Gasteiger partial charge in [0.25, 0.3) is 11.8 Å². The van der Waals surface area contributed by atoms with Crippen molar-refractivity contribution in [2.75, 3.05) is 54.9 Å². The highest BCUT2D eigenvalue weighted by molar-refractivity contribution is 6.32. The number of ether oxygens (including phenoxy) is 1. The number of anilines is 3. The van der Waals surface area contributed by atoms with Crippen molar-refractivity contribution < 1.29 is 14.3 Å². The molecule has 2 aliphatic heterocycles. The first kappa shape index (κ1) is 27.9. The molecule has 5 rings (SSSR count). The molecular formula is C29H30Cl2N6O3. The summed E-state index contributed by atoms with van der Waals surface area (Å²) in [6.07, 6.45) is 4.79. The van der Waals surface area contributed by atoms with Gasteiger partial charge in [0.2, 0.25) is 0 Å². The minimum atomic E-state index is -0.479. The maximum Gasteiger partial charge on any atom is 0.259 e. The molecule has 1 aromatic heterocycles. The van der Waals surface area contributed by atoms with E-state index >= 15 is 0 Å². The van der Waals surface area contributed by atoms with Gasteiger partial charge in [0.15, 0.2) is 0 Å². The number of morpholine rings is 1. The molecule has 3 aromatic rings. The minimum Gasteiger partial charge on any atom is -0.378 e. The van der Waals surface area contributed by atoms with Gasteiger partial charge in [0.1, 0.15) is 11.7 Å². The monoisotopic (exact) mass is 580 g/mol. The number of benzene rings is 2. The molecule has 40 heavy (non-hydrogen) atoms. The van der Waals surface area contributed by atoms with Gasteiger partial charge in [-0.1, -0.05) is 35.3 Å². The van der Waals surface area contributed by atoms with Crippen molar-refractivity contribution >= 4 is 58.0 Å². The molecule has 2 fully saturated rings. The third-order valence-electron chi connectivity index (χ3n) is 6.98. The van der Waals surface area contributed by atoms with E-state index in [1.54, 1.807) is 42.5 Å². The van der Waals surface area contributed by atoms with Crippen LogP contribution in [0.1, 0.15) is 45.5 Å². The lowest BCUT2D eigenvalue weighted by atomic mass is 10.1. The molecule has 0 radical (unpaired) electrons. The number of pyridine rings is 1. The van der Waals surface area contributed by atoms with Crippen LogP contribution >= 0.6 is 23.2 Å². The summed E-state index contributed by atoms with van der Waals surface area (Å²) >= 11 is 12.4. The number of piperidine rings is 1. The van der Waals surface area contributed by atoms with E-state index < -0.39 is 5.91 Å². The van der Waals surface area contributed by atoms with E-state index in [9.17, 15) is 9.59 Å². The summed E-state index contributed by atoms with van der Waals surface area (Å²) in [7, 11) is 0. The van der Waals surface area contributed by atoms with Gasteiger partial charge in [0.05, 0.1) is 35.2 Å². The molecule has 0 unspecified atom stereocenters. The van der Waals surface area contributed by atoms with E-state index in [4.69, 9.17) is 33.3 Å². The number of halogens is 2. The molecule has 2 amide bonds. The summed E-state index contributed by atoms with van der Waals surface area (Å²) in [5.41, 5.74) is 2.33. The third-order valence-corrected chi connectivity index (χ3v) is 7.42. The lowest BCUT2D eigenvalue weighted by molar-refractivity contribution is 0.102. The van der Waals surface area contributed by atoms with Crippen LogP contribution in [-0.4, -0.2) is 66.9 Å². The molecule has 9 nitrogen and oxygen atoms in total. The Balaban J connectivity index is 1.42. The molecule has 0 saturated carbocycles. The smallest absolute Gasteiger partial charge is 0.259 e. The van der Waals surface area contributed by atoms with E-state index in [0.29, 0.717) is 64.9 Å². The number of amidine groups is 1. The molecule has 3 N–H and O–H groups in total. The molecule has 0 aliphatic carbocycles. The summed E-state index contributed by atoms with van der Waals surface area (Å²) in [6.45, 7) is 3.93. The van der Waals surface area contributed by atoms with Crippen LogP contribution < -0.4 is 15.5 Å². The molecule has 0 bridgehead atoms. The predicted octanol–water partition coefficient (Wildman–Crippen LogP) is 5.54. The molecular weight excluding hydrogens is 551 g/mol. The average molecular weight is 582 g/mol. The van der Waals surface area contributed by atoms with Crippen molar-refractivity contribution in [3.05, 3.63) is 81.5 Å². The fourth-order valence-corrected chi connectivity index (χ4v) is 5.18. The van der Waals surface area contributed by atoms with Crippen LogP contribution in [0, 0.1) is 5.41 Å². The van der Waals surface area contributed by atoms with E-state index in [1.807, 2.05) is 4.90 Å². The molecule has 2 aliphatic rings. The number of nitrogens with one attached hydrogen (secondary N) is 3. The van der Waals surface area contributed by atoms with Crippen molar-refractivity contribution in [1.29, 1.82) is 5.41 Å². The number of amides is 2. The molecule has 0 atom stereocenters. The van der Waals surface area contributed by atoms with Gasteiger partial charge in [-0.05, 0) is 55.7 Å². The van der Waals surface area contributed by atoms with Crippen LogP contribution in [0.25, 0.3) is 0 Å². The fraction of sp³-hybridized carbons (Fsp3) is 0.310. The minimum absolute atomic E-state index is 0.197. The number of aromatic nitrogens is 1. The van der Waals surface area contributed by atoms with Crippen LogP contribution in [0.2, 0.25) is 10.0 Å². The Morgan fingerprint density at radius 2 is 1.52 bits per heavy atom. The maximum atomic E-state index is 13.5. The molecule has 208 valence electrons. The standard InChI is InChI=1S/C29H30Cl2N6O3/c30-21-8-9-25(33-18-21)34-29(39)23-16-22(31)17-24(36-12-14-40-15-13-36)26(23)35-28(38)20-6-4-19(5-7-20)27(32)37-10-2-1-3-11-37/h4-9,16-18,32H,1-3,10-15H2,(H,35,38)(H,33,34,39).